The normalized spacial score (nSPS) is 12.3. The minimum atomic E-state index is -3.62. The number of sulfonamides is 1. The minimum Gasteiger partial charge on any atom is -0.308 e. The van der Waals surface area contributed by atoms with Gasteiger partial charge in [-0.05, 0) is 64.3 Å². The summed E-state index contributed by atoms with van der Waals surface area (Å²) in [4.78, 5) is 21.8. The van der Waals surface area contributed by atoms with Crippen molar-refractivity contribution in [2.45, 2.75) is 24.8 Å². The molecule has 0 unspecified atom stereocenters. The van der Waals surface area contributed by atoms with Crippen molar-refractivity contribution >= 4 is 54.2 Å². The quantitative estimate of drug-likeness (QED) is 0.469. The highest BCUT2D eigenvalue weighted by molar-refractivity contribution is 7.89. The SMILES string of the molecule is CC(C)N(C)S(=O)(=O)c1ccc(C(=O)N(CCN(C)C)c2nc3c(Cl)cccc3s2)cc1. The van der Waals surface area contributed by atoms with Gasteiger partial charge in [-0.25, -0.2) is 13.4 Å². The number of para-hydroxylation sites is 1. The predicted molar refractivity (Wildman–Crippen MR) is 131 cm³/mol. The molecule has 3 rings (SSSR count). The topological polar surface area (TPSA) is 73.8 Å². The smallest absolute Gasteiger partial charge is 0.260 e. The van der Waals surface area contributed by atoms with Crippen molar-refractivity contribution in [2.75, 3.05) is 39.1 Å². The molecule has 0 spiro atoms. The van der Waals surface area contributed by atoms with E-state index in [-0.39, 0.29) is 16.8 Å². The largest absolute Gasteiger partial charge is 0.308 e. The molecule has 0 aliphatic carbocycles. The number of rotatable bonds is 8. The van der Waals surface area contributed by atoms with Crippen molar-refractivity contribution in [3.05, 3.63) is 53.1 Å². The highest BCUT2D eigenvalue weighted by atomic mass is 35.5. The zero-order valence-electron chi connectivity index (χ0n) is 18.7. The number of thiazole rings is 1. The van der Waals surface area contributed by atoms with Crippen LogP contribution in [0, 0.1) is 0 Å². The van der Waals surface area contributed by atoms with Crippen molar-refractivity contribution in [1.82, 2.24) is 14.2 Å². The summed E-state index contributed by atoms with van der Waals surface area (Å²) in [5, 5.41) is 1.09. The number of aromatic nitrogens is 1. The number of amides is 1. The van der Waals surface area contributed by atoms with Crippen molar-refractivity contribution in [2.24, 2.45) is 0 Å². The summed E-state index contributed by atoms with van der Waals surface area (Å²) in [6.45, 7) is 4.69. The Balaban J connectivity index is 1.95. The van der Waals surface area contributed by atoms with Gasteiger partial charge in [0.15, 0.2) is 5.13 Å². The van der Waals surface area contributed by atoms with Gasteiger partial charge in [0.05, 0.1) is 14.6 Å². The Morgan fingerprint density at radius 1 is 1.06 bits per heavy atom. The molecule has 0 aliphatic rings. The second kappa shape index (κ2) is 9.84. The van der Waals surface area contributed by atoms with Crippen LogP contribution in [0.15, 0.2) is 47.4 Å². The molecule has 10 heteroatoms. The first-order valence-corrected chi connectivity index (χ1v) is 12.8. The number of likely N-dealkylation sites (N-methyl/N-ethyl adjacent to an activating group) is 1. The first kappa shape index (κ1) is 24.6. The van der Waals surface area contributed by atoms with E-state index in [1.54, 1.807) is 30.1 Å². The first-order valence-electron chi connectivity index (χ1n) is 10.1. The molecule has 2 aromatic carbocycles. The zero-order valence-corrected chi connectivity index (χ0v) is 21.1. The van der Waals surface area contributed by atoms with Gasteiger partial charge in [-0.2, -0.15) is 4.31 Å². The summed E-state index contributed by atoms with van der Waals surface area (Å²) >= 11 is 7.68. The van der Waals surface area contributed by atoms with Crippen LogP contribution in [0.2, 0.25) is 5.02 Å². The third-order valence-corrected chi connectivity index (χ3v) is 8.51. The van der Waals surface area contributed by atoms with Gasteiger partial charge in [0.1, 0.15) is 5.52 Å². The molecule has 7 nitrogen and oxygen atoms in total. The highest BCUT2D eigenvalue weighted by Gasteiger charge is 2.25. The lowest BCUT2D eigenvalue weighted by molar-refractivity contribution is 0.0985. The molecule has 0 saturated heterocycles. The fourth-order valence-electron chi connectivity index (χ4n) is 2.97. The summed E-state index contributed by atoms with van der Waals surface area (Å²) in [5.41, 5.74) is 1.05. The average Bonchev–Trinajstić information content (AvgIpc) is 3.18. The Kier molecular flexibility index (Phi) is 7.57. The standard InChI is InChI=1S/C22H27ClN4O3S2/c1-15(2)26(5)32(29,30)17-11-9-16(10-12-17)21(28)27(14-13-25(3)4)22-24-20-18(23)7-6-8-19(20)31-22/h6-12,15H,13-14H2,1-5H3. The zero-order chi connectivity index (χ0) is 23.6. The minimum absolute atomic E-state index is 0.150. The maximum absolute atomic E-state index is 13.4. The van der Waals surface area contributed by atoms with E-state index >= 15 is 0 Å². The number of hydrogen-bond donors (Lipinski definition) is 0. The number of carbonyl (C=O) groups is 1. The molecular weight excluding hydrogens is 468 g/mol. The molecule has 0 atom stereocenters. The number of carbonyl (C=O) groups excluding carboxylic acids is 1. The van der Waals surface area contributed by atoms with Gasteiger partial charge in [0, 0.05) is 31.7 Å². The van der Waals surface area contributed by atoms with Crippen LogP contribution in [0.4, 0.5) is 5.13 Å². The van der Waals surface area contributed by atoms with Gasteiger partial charge < -0.3 is 4.90 Å². The van der Waals surface area contributed by atoms with Gasteiger partial charge in [0.25, 0.3) is 5.91 Å². The number of anilines is 1. The number of fused-ring (bicyclic) bond motifs is 1. The summed E-state index contributed by atoms with van der Waals surface area (Å²) in [6.07, 6.45) is 0. The van der Waals surface area contributed by atoms with Crippen molar-refractivity contribution < 1.29 is 13.2 Å². The molecule has 0 bridgehead atoms. The van der Waals surface area contributed by atoms with Crippen LogP contribution in [0.25, 0.3) is 10.2 Å². The van der Waals surface area contributed by atoms with E-state index in [9.17, 15) is 13.2 Å². The van der Waals surface area contributed by atoms with Gasteiger partial charge in [0.2, 0.25) is 10.0 Å². The fraction of sp³-hybridized carbons (Fsp3) is 0.364. The molecule has 1 aromatic heterocycles. The number of hydrogen-bond acceptors (Lipinski definition) is 6. The molecule has 1 heterocycles. The Labute approximate surface area is 198 Å². The fourth-order valence-corrected chi connectivity index (χ4v) is 5.63. The highest BCUT2D eigenvalue weighted by Crippen LogP contribution is 2.33. The van der Waals surface area contributed by atoms with Crippen molar-refractivity contribution in [3.63, 3.8) is 0 Å². The van der Waals surface area contributed by atoms with Crippen LogP contribution < -0.4 is 4.90 Å². The monoisotopic (exact) mass is 494 g/mol. The molecule has 1 amide bonds. The average molecular weight is 495 g/mol. The summed E-state index contributed by atoms with van der Waals surface area (Å²) in [6, 6.07) is 11.4. The number of nitrogens with zero attached hydrogens (tertiary/aromatic N) is 4. The molecule has 0 fully saturated rings. The molecule has 0 aliphatic heterocycles. The predicted octanol–water partition coefficient (Wildman–Crippen LogP) is 4.19. The third-order valence-electron chi connectivity index (χ3n) is 5.11. The van der Waals surface area contributed by atoms with E-state index in [0.717, 1.165) is 4.70 Å². The molecule has 172 valence electrons. The van der Waals surface area contributed by atoms with E-state index in [0.29, 0.717) is 34.3 Å². The molecular formula is C22H27ClN4O3S2. The van der Waals surface area contributed by atoms with Crippen LogP contribution in [0.3, 0.4) is 0 Å². The van der Waals surface area contributed by atoms with E-state index in [2.05, 4.69) is 4.98 Å². The van der Waals surface area contributed by atoms with E-state index in [4.69, 9.17) is 11.6 Å². The Morgan fingerprint density at radius 2 is 1.72 bits per heavy atom. The van der Waals surface area contributed by atoms with E-state index in [1.165, 1.54) is 27.8 Å². The van der Waals surface area contributed by atoms with Crippen LogP contribution in [-0.4, -0.2) is 68.8 Å². The molecule has 32 heavy (non-hydrogen) atoms. The lowest BCUT2D eigenvalue weighted by Crippen LogP contribution is -2.37. The Hall–Kier alpha value is -2.04. The maximum atomic E-state index is 13.4. The Morgan fingerprint density at radius 3 is 2.28 bits per heavy atom. The molecule has 0 saturated carbocycles. The summed E-state index contributed by atoms with van der Waals surface area (Å²) < 4.78 is 27.6. The van der Waals surface area contributed by atoms with Gasteiger partial charge in [-0.3, -0.25) is 9.69 Å². The second-order valence-corrected chi connectivity index (χ2v) is 11.4. The number of halogens is 1. The van der Waals surface area contributed by atoms with Crippen LogP contribution in [0.5, 0.6) is 0 Å². The van der Waals surface area contributed by atoms with Crippen molar-refractivity contribution in [1.29, 1.82) is 0 Å². The van der Waals surface area contributed by atoms with Gasteiger partial charge in [-0.15, -0.1) is 0 Å². The van der Waals surface area contributed by atoms with Gasteiger partial charge >= 0.3 is 0 Å². The van der Waals surface area contributed by atoms with Crippen LogP contribution in [-0.2, 0) is 10.0 Å². The summed E-state index contributed by atoms with van der Waals surface area (Å²) in [7, 11) is 1.79. The van der Waals surface area contributed by atoms with Crippen LogP contribution >= 0.6 is 22.9 Å². The lowest BCUT2D eigenvalue weighted by Gasteiger charge is -2.23. The van der Waals surface area contributed by atoms with E-state index < -0.39 is 10.0 Å². The number of benzene rings is 2. The van der Waals surface area contributed by atoms with E-state index in [1.807, 2.05) is 45.0 Å². The van der Waals surface area contributed by atoms with Gasteiger partial charge in [-0.1, -0.05) is 29.0 Å². The third kappa shape index (κ3) is 5.13. The molecule has 0 N–H and O–H groups in total. The molecule has 0 radical (unpaired) electrons. The second-order valence-electron chi connectivity index (χ2n) is 7.98. The maximum Gasteiger partial charge on any atom is 0.260 e. The molecule has 3 aromatic rings. The van der Waals surface area contributed by atoms with Crippen LogP contribution in [0.1, 0.15) is 24.2 Å². The Bertz CT molecular complexity index is 1210. The first-order chi connectivity index (χ1) is 15.0. The van der Waals surface area contributed by atoms with Crippen molar-refractivity contribution in [3.8, 4) is 0 Å². The lowest BCUT2D eigenvalue weighted by atomic mass is 10.2. The summed E-state index contributed by atoms with van der Waals surface area (Å²) in [5.74, 6) is -0.247.